The molecule has 2 N–H and O–H groups in total. The third-order valence-electron chi connectivity index (χ3n) is 2.52. The molecule has 9 nitrogen and oxygen atoms in total. The summed E-state index contributed by atoms with van der Waals surface area (Å²) >= 11 is 0.975. The van der Waals surface area contributed by atoms with Gasteiger partial charge in [0.15, 0.2) is 0 Å². The van der Waals surface area contributed by atoms with Crippen molar-refractivity contribution in [1.29, 1.82) is 0 Å². The molecule has 0 bridgehead atoms. The summed E-state index contributed by atoms with van der Waals surface area (Å²) < 4.78 is 8.58. The molecule has 0 spiro atoms. The Morgan fingerprint density at radius 3 is 3.22 bits per heavy atom. The summed E-state index contributed by atoms with van der Waals surface area (Å²) in [6.45, 7) is 0.922. The second-order valence-electron chi connectivity index (χ2n) is 3.73. The van der Waals surface area contributed by atoms with E-state index >= 15 is 0 Å². The molecule has 0 radical (unpaired) electrons. The van der Waals surface area contributed by atoms with Crippen molar-refractivity contribution in [2.75, 3.05) is 11.9 Å². The standard InChI is InChI=1S/C8H9N7O2S/c16-6(11-8-12-14-15-18-8)5-10-7(17-13-5)4-2-1-3-9-4/h4,9H,1-3H2,(H,11,12,15,16). The molecule has 1 saturated heterocycles. The molecule has 0 saturated carbocycles. The molecule has 18 heavy (non-hydrogen) atoms. The Hall–Kier alpha value is -1.94. The van der Waals surface area contributed by atoms with Gasteiger partial charge in [0.1, 0.15) is 0 Å². The molecule has 1 aliphatic heterocycles. The molecular weight excluding hydrogens is 258 g/mol. The highest BCUT2D eigenvalue weighted by molar-refractivity contribution is 7.09. The Bertz CT molecular complexity index is 533. The molecule has 94 valence electrons. The zero-order valence-corrected chi connectivity index (χ0v) is 9.98. The molecule has 1 amide bonds. The maximum Gasteiger partial charge on any atom is 0.298 e. The lowest BCUT2D eigenvalue weighted by molar-refractivity contribution is 0.101. The summed E-state index contributed by atoms with van der Waals surface area (Å²) in [5.74, 6) is -0.0662. The maximum atomic E-state index is 11.7. The second-order valence-corrected chi connectivity index (χ2v) is 4.46. The Kier molecular flexibility index (Phi) is 2.94. The van der Waals surface area contributed by atoms with Crippen LogP contribution in [-0.4, -0.2) is 37.4 Å². The van der Waals surface area contributed by atoms with Gasteiger partial charge in [0.2, 0.25) is 11.0 Å². The summed E-state index contributed by atoms with van der Waals surface area (Å²) in [6, 6.07) is 0.0437. The van der Waals surface area contributed by atoms with E-state index < -0.39 is 5.91 Å². The number of anilines is 1. The SMILES string of the molecule is O=C(Nc1nnns1)c1noc(C2CCCN2)n1. The van der Waals surface area contributed by atoms with E-state index in [0.29, 0.717) is 11.0 Å². The van der Waals surface area contributed by atoms with E-state index in [9.17, 15) is 4.79 Å². The van der Waals surface area contributed by atoms with Gasteiger partial charge in [-0.2, -0.15) is 4.98 Å². The lowest BCUT2D eigenvalue weighted by atomic mass is 10.2. The Morgan fingerprint density at radius 1 is 1.56 bits per heavy atom. The van der Waals surface area contributed by atoms with E-state index in [0.717, 1.165) is 30.9 Å². The number of aromatic nitrogens is 5. The molecule has 1 atom stereocenters. The molecule has 3 rings (SSSR count). The lowest BCUT2D eigenvalue weighted by Crippen LogP contribution is -2.15. The van der Waals surface area contributed by atoms with Gasteiger partial charge in [-0.1, -0.05) is 14.7 Å². The fourth-order valence-electron chi connectivity index (χ4n) is 1.70. The van der Waals surface area contributed by atoms with Crippen molar-refractivity contribution in [2.24, 2.45) is 0 Å². The third kappa shape index (κ3) is 2.19. The number of nitrogens with one attached hydrogen (secondary N) is 2. The number of amides is 1. The number of hydrogen-bond acceptors (Lipinski definition) is 9. The molecule has 0 aliphatic carbocycles. The van der Waals surface area contributed by atoms with Crippen LogP contribution in [0.5, 0.6) is 0 Å². The van der Waals surface area contributed by atoms with Crippen LogP contribution >= 0.6 is 11.5 Å². The molecule has 10 heteroatoms. The maximum absolute atomic E-state index is 11.7. The second kappa shape index (κ2) is 4.74. The number of hydrogen-bond donors (Lipinski definition) is 2. The van der Waals surface area contributed by atoms with Crippen molar-refractivity contribution in [3.63, 3.8) is 0 Å². The van der Waals surface area contributed by atoms with Crippen LogP contribution in [0.15, 0.2) is 4.52 Å². The smallest absolute Gasteiger partial charge is 0.298 e. The zero-order valence-electron chi connectivity index (χ0n) is 9.16. The molecule has 2 aromatic heterocycles. The average Bonchev–Trinajstić information content (AvgIpc) is 3.11. The first-order valence-corrected chi connectivity index (χ1v) is 6.13. The molecule has 1 fully saturated rings. The van der Waals surface area contributed by atoms with Crippen molar-refractivity contribution in [3.05, 3.63) is 11.7 Å². The van der Waals surface area contributed by atoms with E-state index in [1.807, 2.05) is 0 Å². The van der Waals surface area contributed by atoms with Crippen LogP contribution in [0, 0.1) is 0 Å². The normalized spacial score (nSPS) is 19.0. The fourth-order valence-corrected chi connectivity index (χ4v) is 2.06. The highest BCUT2D eigenvalue weighted by Crippen LogP contribution is 2.21. The minimum atomic E-state index is -0.485. The molecule has 2 aromatic rings. The first-order chi connectivity index (χ1) is 8.83. The van der Waals surface area contributed by atoms with Crippen molar-refractivity contribution >= 4 is 22.6 Å². The summed E-state index contributed by atoms with van der Waals surface area (Å²) in [5.41, 5.74) is 0. The van der Waals surface area contributed by atoms with E-state index in [1.54, 1.807) is 0 Å². The van der Waals surface area contributed by atoms with Crippen LogP contribution < -0.4 is 10.6 Å². The third-order valence-corrected chi connectivity index (χ3v) is 3.03. The zero-order chi connectivity index (χ0) is 12.4. The molecule has 3 heterocycles. The van der Waals surface area contributed by atoms with Crippen molar-refractivity contribution < 1.29 is 9.32 Å². The first-order valence-electron chi connectivity index (χ1n) is 5.36. The number of nitrogens with zero attached hydrogens (tertiary/aromatic N) is 5. The highest BCUT2D eigenvalue weighted by Gasteiger charge is 2.24. The lowest BCUT2D eigenvalue weighted by Gasteiger charge is -2.01. The van der Waals surface area contributed by atoms with Gasteiger partial charge in [-0.05, 0) is 24.6 Å². The predicted molar refractivity (Wildman–Crippen MR) is 59.9 cm³/mol. The van der Waals surface area contributed by atoms with Crippen LogP contribution in [0.25, 0.3) is 0 Å². The largest absolute Gasteiger partial charge is 0.337 e. The van der Waals surface area contributed by atoms with E-state index in [1.165, 1.54) is 0 Å². The van der Waals surface area contributed by atoms with Crippen LogP contribution in [0.3, 0.4) is 0 Å². The Balaban J connectivity index is 1.70. The topological polar surface area (TPSA) is 119 Å². The van der Waals surface area contributed by atoms with Gasteiger partial charge >= 0.3 is 0 Å². The van der Waals surface area contributed by atoms with Gasteiger partial charge in [0, 0.05) is 11.5 Å². The summed E-state index contributed by atoms with van der Waals surface area (Å²) in [4.78, 5) is 15.8. The monoisotopic (exact) mass is 267 g/mol. The number of rotatable bonds is 3. The first kappa shape index (κ1) is 11.2. The van der Waals surface area contributed by atoms with Crippen LogP contribution in [0.4, 0.5) is 5.13 Å². The molecule has 1 aliphatic rings. The highest BCUT2D eigenvalue weighted by atomic mass is 32.1. The average molecular weight is 267 g/mol. The van der Waals surface area contributed by atoms with E-state index in [-0.39, 0.29) is 11.9 Å². The van der Waals surface area contributed by atoms with Crippen LogP contribution in [0.1, 0.15) is 35.4 Å². The minimum Gasteiger partial charge on any atom is -0.337 e. The van der Waals surface area contributed by atoms with Gasteiger partial charge in [-0.3, -0.25) is 10.1 Å². The summed E-state index contributed by atoms with van der Waals surface area (Å²) in [7, 11) is 0. The van der Waals surface area contributed by atoms with Gasteiger partial charge in [0.25, 0.3) is 11.7 Å². The minimum absolute atomic E-state index is 0.0195. The number of carbonyl (C=O) groups excluding carboxylic acids is 1. The summed E-state index contributed by atoms with van der Waals surface area (Å²) in [5, 5.41) is 16.6. The van der Waals surface area contributed by atoms with E-state index in [4.69, 9.17) is 4.52 Å². The fraction of sp³-hybridized carbons (Fsp3) is 0.500. The number of carbonyl (C=O) groups is 1. The Morgan fingerprint density at radius 2 is 2.50 bits per heavy atom. The molecular formula is C8H9N7O2S. The van der Waals surface area contributed by atoms with E-state index in [2.05, 4.69) is 35.6 Å². The van der Waals surface area contributed by atoms with Crippen molar-refractivity contribution in [2.45, 2.75) is 18.9 Å². The van der Waals surface area contributed by atoms with Crippen LogP contribution in [0.2, 0.25) is 0 Å². The van der Waals surface area contributed by atoms with Gasteiger partial charge in [0.05, 0.1) is 6.04 Å². The van der Waals surface area contributed by atoms with Gasteiger partial charge < -0.3 is 9.84 Å². The van der Waals surface area contributed by atoms with Gasteiger partial charge in [-0.25, -0.2) is 0 Å². The summed E-state index contributed by atoms with van der Waals surface area (Å²) in [6.07, 6.45) is 1.99. The quantitative estimate of drug-likeness (QED) is 0.797. The van der Waals surface area contributed by atoms with Crippen molar-refractivity contribution in [3.8, 4) is 0 Å². The van der Waals surface area contributed by atoms with Crippen molar-refractivity contribution in [1.82, 2.24) is 30.3 Å². The molecule has 0 aromatic carbocycles. The van der Waals surface area contributed by atoms with Crippen LogP contribution in [-0.2, 0) is 0 Å². The predicted octanol–water partition coefficient (Wildman–Crippen LogP) is -0.00710. The van der Waals surface area contributed by atoms with Gasteiger partial charge in [-0.15, -0.1) is 0 Å². The Labute approximate surface area is 105 Å². The molecule has 1 unspecified atom stereocenters.